The van der Waals surface area contributed by atoms with Crippen molar-refractivity contribution in [2.24, 2.45) is 29.6 Å². The third kappa shape index (κ3) is 5.52. The lowest BCUT2D eigenvalue weighted by Gasteiger charge is -2.41. The van der Waals surface area contributed by atoms with E-state index in [-0.39, 0.29) is 5.92 Å². The maximum absolute atomic E-state index is 12.4. The molecule has 3 fully saturated rings. The lowest BCUT2D eigenvalue weighted by atomic mass is 9.68. The molecule has 1 saturated heterocycles. The van der Waals surface area contributed by atoms with E-state index in [9.17, 15) is 8.78 Å². The second-order valence-corrected chi connectivity index (χ2v) is 8.91. The Bertz CT molecular complexity index is 408. The van der Waals surface area contributed by atoms with E-state index in [2.05, 4.69) is 6.92 Å². The Labute approximate surface area is 152 Å². The third-order valence-electron chi connectivity index (χ3n) is 7.29. The van der Waals surface area contributed by atoms with Gasteiger partial charge >= 0.3 is 0 Å². The topological polar surface area (TPSA) is 9.23 Å². The highest BCUT2D eigenvalue weighted by atomic mass is 19.3. The highest BCUT2D eigenvalue weighted by molar-refractivity contribution is 4.92. The predicted octanol–water partition coefficient (Wildman–Crippen LogP) is 6.97. The predicted molar refractivity (Wildman–Crippen MR) is 98.6 cm³/mol. The Kier molecular flexibility index (Phi) is 7.33. The molecule has 3 aliphatic rings. The van der Waals surface area contributed by atoms with Crippen LogP contribution in [0, 0.1) is 29.6 Å². The minimum atomic E-state index is -1.49. The Morgan fingerprint density at radius 2 is 1.44 bits per heavy atom. The molecule has 25 heavy (non-hydrogen) atoms. The van der Waals surface area contributed by atoms with Gasteiger partial charge in [-0.3, -0.25) is 0 Å². The van der Waals surface area contributed by atoms with Gasteiger partial charge in [0.1, 0.15) is 0 Å². The van der Waals surface area contributed by atoms with Crippen LogP contribution in [0.4, 0.5) is 8.78 Å². The van der Waals surface area contributed by atoms with Gasteiger partial charge in [0.25, 0.3) is 6.08 Å². The van der Waals surface area contributed by atoms with Crippen LogP contribution in [0.25, 0.3) is 0 Å². The first-order chi connectivity index (χ1) is 12.2. The van der Waals surface area contributed by atoms with Gasteiger partial charge in [0.15, 0.2) is 0 Å². The molecule has 0 amide bonds. The SMILES string of the molecule is CCCC1CCC(C2CCC(C3CCC(C=C(F)F)CC3)CC2)OC1. The van der Waals surface area contributed by atoms with Crippen molar-refractivity contribution in [2.75, 3.05) is 6.61 Å². The summed E-state index contributed by atoms with van der Waals surface area (Å²) in [5.74, 6) is 3.33. The summed E-state index contributed by atoms with van der Waals surface area (Å²) in [6.45, 7) is 3.26. The van der Waals surface area contributed by atoms with Crippen molar-refractivity contribution < 1.29 is 13.5 Å². The first-order valence-corrected chi connectivity index (χ1v) is 10.8. The van der Waals surface area contributed by atoms with Gasteiger partial charge in [-0.25, -0.2) is 0 Å². The van der Waals surface area contributed by atoms with Crippen molar-refractivity contribution in [1.29, 1.82) is 0 Å². The summed E-state index contributed by atoms with van der Waals surface area (Å²) in [4.78, 5) is 0. The van der Waals surface area contributed by atoms with Gasteiger partial charge in [0.05, 0.1) is 6.10 Å². The summed E-state index contributed by atoms with van der Waals surface area (Å²) in [6, 6.07) is 0. The summed E-state index contributed by atoms with van der Waals surface area (Å²) in [5.41, 5.74) is 0. The van der Waals surface area contributed by atoms with Crippen LogP contribution < -0.4 is 0 Å². The van der Waals surface area contributed by atoms with Crippen molar-refractivity contribution in [3.63, 3.8) is 0 Å². The second kappa shape index (κ2) is 9.48. The molecule has 3 heteroatoms. The van der Waals surface area contributed by atoms with Crippen LogP contribution in [-0.2, 0) is 4.74 Å². The van der Waals surface area contributed by atoms with Crippen LogP contribution in [0.15, 0.2) is 12.2 Å². The molecule has 0 radical (unpaired) electrons. The molecule has 2 saturated carbocycles. The van der Waals surface area contributed by atoms with Gasteiger partial charge in [0, 0.05) is 6.61 Å². The number of rotatable bonds is 5. The normalized spacial score (nSPS) is 39.8. The Morgan fingerprint density at radius 3 is 1.96 bits per heavy atom. The molecule has 0 spiro atoms. The Balaban J connectivity index is 1.37. The molecule has 0 N–H and O–H groups in total. The van der Waals surface area contributed by atoms with E-state index < -0.39 is 6.08 Å². The second-order valence-electron chi connectivity index (χ2n) is 8.91. The molecule has 3 rings (SSSR count). The molecule has 1 aliphatic heterocycles. The van der Waals surface area contributed by atoms with Gasteiger partial charge < -0.3 is 4.74 Å². The first-order valence-electron chi connectivity index (χ1n) is 10.8. The van der Waals surface area contributed by atoms with Crippen LogP contribution >= 0.6 is 0 Å². The van der Waals surface area contributed by atoms with E-state index in [0.717, 1.165) is 56.0 Å². The van der Waals surface area contributed by atoms with Gasteiger partial charge in [-0.1, -0.05) is 13.3 Å². The highest BCUT2D eigenvalue weighted by Crippen LogP contribution is 2.44. The largest absolute Gasteiger partial charge is 0.378 e. The molecular weight excluding hydrogens is 318 g/mol. The summed E-state index contributed by atoms with van der Waals surface area (Å²) < 4.78 is 31.1. The fraction of sp³-hybridized carbons (Fsp3) is 0.909. The number of hydrogen-bond acceptors (Lipinski definition) is 1. The van der Waals surface area contributed by atoms with Crippen LogP contribution in [-0.4, -0.2) is 12.7 Å². The third-order valence-corrected chi connectivity index (χ3v) is 7.29. The fourth-order valence-electron chi connectivity index (χ4n) is 5.78. The van der Waals surface area contributed by atoms with Crippen molar-refractivity contribution in [3.8, 4) is 0 Å². The molecule has 2 atom stereocenters. The zero-order valence-electron chi connectivity index (χ0n) is 15.9. The van der Waals surface area contributed by atoms with Gasteiger partial charge in [-0.2, -0.15) is 8.78 Å². The zero-order valence-corrected chi connectivity index (χ0v) is 15.9. The molecular formula is C22H36F2O. The van der Waals surface area contributed by atoms with E-state index >= 15 is 0 Å². The van der Waals surface area contributed by atoms with E-state index in [4.69, 9.17) is 4.74 Å². The highest BCUT2D eigenvalue weighted by Gasteiger charge is 2.35. The van der Waals surface area contributed by atoms with Gasteiger partial charge in [-0.05, 0) is 106 Å². The zero-order chi connectivity index (χ0) is 17.6. The van der Waals surface area contributed by atoms with Crippen molar-refractivity contribution in [1.82, 2.24) is 0 Å². The smallest absolute Gasteiger partial charge is 0.266 e. The standard InChI is InChI=1S/C22H36F2O/c1-2-3-17-6-13-21(25-15-17)20-11-9-19(10-12-20)18-7-4-16(5-8-18)14-22(23)24/h14,16-21H,2-13,15H2,1H3. The maximum Gasteiger partial charge on any atom is 0.266 e. The molecule has 1 heterocycles. The monoisotopic (exact) mass is 354 g/mol. The fourth-order valence-corrected chi connectivity index (χ4v) is 5.78. The number of ether oxygens (including phenoxy) is 1. The number of halogens is 2. The van der Waals surface area contributed by atoms with E-state index in [1.807, 2.05) is 0 Å². The molecule has 2 aliphatic carbocycles. The summed E-state index contributed by atoms with van der Waals surface area (Å²) in [5, 5.41) is 0. The molecule has 2 unspecified atom stereocenters. The molecule has 0 bridgehead atoms. The Hall–Kier alpha value is -0.440. The summed E-state index contributed by atoms with van der Waals surface area (Å²) in [6.07, 6.45) is 15.0. The van der Waals surface area contributed by atoms with Crippen LogP contribution in [0.3, 0.4) is 0 Å². The van der Waals surface area contributed by atoms with Crippen molar-refractivity contribution >= 4 is 0 Å². The molecule has 0 aromatic rings. The maximum atomic E-state index is 12.4. The van der Waals surface area contributed by atoms with E-state index in [0.29, 0.717) is 6.10 Å². The summed E-state index contributed by atoms with van der Waals surface area (Å²) >= 11 is 0. The van der Waals surface area contributed by atoms with Gasteiger partial charge in [0.2, 0.25) is 0 Å². The van der Waals surface area contributed by atoms with E-state index in [1.54, 1.807) is 0 Å². The van der Waals surface area contributed by atoms with E-state index in [1.165, 1.54) is 57.4 Å². The molecule has 1 nitrogen and oxygen atoms in total. The average molecular weight is 355 g/mol. The molecule has 144 valence electrons. The quantitative estimate of drug-likeness (QED) is 0.518. The minimum absolute atomic E-state index is 0.129. The van der Waals surface area contributed by atoms with Crippen LogP contribution in [0.1, 0.15) is 84.0 Å². The van der Waals surface area contributed by atoms with Gasteiger partial charge in [-0.15, -0.1) is 0 Å². The lowest BCUT2D eigenvalue weighted by Crippen LogP contribution is -2.35. The number of hydrogen-bond donors (Lipinski definition) is 0. The summed E-state index contributed by atoms with van der Waals surface area (Å²) in [7, 11) is 0. The van der Waals surface area contributed by atoms with Crippen LogP contribution in [0.2, 0.25) is 0 Å². The average Bonchev–Trinajstić information content (AvgIpc) is 2.63. The lowest BCUT2D eigenvalue weighted by molar-refractivity contribution is -0.0617. The number of allylic oxidation sites excluding steroid dienone is 1. The Morgan fingerprint density at radius 1 is 0.840 bits per heavy atom. The van der Waals surface area contributed by atoms with Crippen LogP contribution in [0.5, 0.6) is 0 Å². The molecule has 0 aromatic heterocycles. The van der Waals surface area contributed by atoms with Crippen molar-refractivity contribution in [2.45, 2.75) is 90.1 Å². The molecule has 0 aromatic carbocycles. The first kappa shape index (κ1) is 19.3. The van der Waals surface area contributed by atoms with Crippen molar-refractivity contribution in [3.05, 3.63) is 12.2 Å². The minimum Gasteiger partial charge on any atom is -0.378 e.